The normalized spacial score (nSPS) is 11.9. The molecule has 0 aromatic heterocycles. The van der Waals surface area contributed by atoms with Gasteiger partial charge in [0, 0.05) is 12.1 Å². The van der Waals surface area contributed by atoms with E-state index >= 15 is 0 Å². The molecule has 26 heavy (non-hydrogen) atoms. The summed E-state index contributed by atoms with van der Waals surface area (Å²) in [5, 5.41) is 2.41. The molecule has 0 aliphatic rings. The number of amides is 1. The maximum absolute atomic E-state index is 11.9. The van der Waals surface area contributed by atoms with Crippen molar-refractivity contribution in [2.45, 2.75) is 32.4 Å². The van der Waals surface area contributed by atoms with Crippen LogP contribution in [-0.4, -0.2) is 51.6 Å². The van der Waals surface area contributed by atoms with Crippen LogP contribution in [0.4, 0.5) is 10.5 Å². The second-order valence-corrected chi connectivity index (χ2v) is 6.28. The highest BCUT2D eigenvalue weighted by Crippen LogP contribution is 2.36. The van der Waals surface area contributed by atoms with Crippen molar-refractivity contribution >= 4 is 17.7 Å². The maximum atomic E-state index is 11.9. The first-order chi connectivity index (χ1) is 12.1. The Balaban J connectivity index is 2.87. The molecular weight excluding hydrogens is 344 g/mol. The third-order valence-electron chi connectivity index (χ3n) is 3.10. The van der Waals surface area contributed by atoms with E-state index in [0.717, 1.165) is 0 Å². The first kappa shape index (κ1) is 21.2. The topological polar surface area (TPSA) is 118 Å². The van der Waals surface area contributed by atoms with Gasteiger partial charge in [-0.15, -0.1) is 0 Å². The van der Waals surface area contributed by atoms with E-state index in [1.807, 2.05) is 0 Å². The van der Waals surface area contributed by atoms with Crippen molar-refractivity contribution in [2.75, 3.05) is 33.7 Å². The first-order valence-electron chi connectivity index (χ1n) is 7.83. The quantitative estimate of drug-likeness (QED) is 0.550. The summed E-state index contributed by atoms with van der Waals surface area (Å²) < 4.78 is 25.7. The fourth-order valence-electron chi connectivity index (χ4n) is 1.93. The van der Waals surface area contributed by atoms with Gasteiger partial charge in [-0.1, -0.05) is 0 Å². The van der Waals surface area contributed by atoms with Gasteiger partial charge in [0.25, 0.3) is 0 Å². The zero-order valence-electron chi connectivity index (χ0n) is 15.9. The lowest BCUT2D eigenvalue weighted by molar-refractivity contribution is -0.143. The minimum Gasteiger partial charge on any atom is -0.493 e. The third kappa shape index (κ3) is 6.23. The molecule has 0 aliphatic carbocycles. The van der Waals surface area contributed by atoms with E-state index in [-0.39, 0.29) is 18.0 Å². The van der Waals surface area contributed by atoms with Crippen LogP contribution in [-0.2, 0) is 14.3 Å². The molecule has 0 saturated carbocycles. The predicted molar refractivity (Wildman–Crippen MR) is 94.6 cm³/mol. The lowest BCUT2D eigenvalue weighted by atomic mass is 10.2. The molecule has 0 spiro atoms. The third-order valence-corrected chi connectivity index (χ3v) is 3.10. The molecule has 146 valence electrons. The van der Waals surface area contributed by atoms with Gasteiger partial charge in [0.1, 0.15) is 18.0 Å². The average molecular weight is 370 g/mol. The number of hydrogen-bond acceptors (Lipinski definition) is 8. The standard InChI is InChI=1S/C17H26N2O7/c1-17(2,3)26-16(21)19-11(15(20)24-6)9-25-12-8-14(23-5)13(22-4)7-10(12)18/h7-8,11H,9,18H2,1-6H3,(H,19,21)/t11-/m0/s1. The smallest absolute Gasteiger partial charge is 0.408 e. The van der Waals surface area contributed by atoms with Crippen molar-refractivity contribution < 1.29 is 33.3 Å². The molecule has 1 atom stereocenters. The number of carbonyl (C=O) groups excluding carboxylic acids is 2. The molecule has 9 heteroatoms. The molecule has 0 aliphatic heterocycles. The Morgan fingerprint density at radius 3 is 2.15 bits per heavy atom. The first-order valence-corrected chi connectivity index (χ1v) is 7.83. The van der Waals surface area contributed by atoms with E-state index in [1.165, 1.54) is 33.5 Å². The molecule has 9 nitrogen and oxygen atoms in total. The number of alkyl carbamates (subject to hydrolysis) is 1. The van der Waals surface area contributed by atoms with Crippen molar-refractivity contribution in [3.05, 3.63) is 12.1 Å². The molecule has 0 radical (unpaired) electrons. The van der Waals surface area contributed by atoms with Crippen molar-refractivity contribution in [2.24, 2.45) is 0 Å². The molecule has 0 saturated heterocycles. The zero-order valence-corrected chi connectivity index (χ0v) is 15.9. The number of nitrogen functional groups attached to an aromatic ring is 1. The van der Waals surface area contributed by atoms with Gasteiger partial charge < -0.3 is 34.7 Å². The number of carbonyl (C=O) groups is 2. The van der Waals surface area contributed by atoms with Gasteiger partial charge in [0.05, 0.1) is 27.0 Å². The molecule has 1 aromatic rings. The fraction of sp³-hybridized carbons (Fsp3) is 0.529. The number of methoxy groups -OCH3 is 3. The number of esters is 1. The predicted octanol–water partition coefficient (Wildman–Crippen LogP) is 1.73. The summed E-state index contributed by atoms with van der Waals surface area (Å²) in [5.41, 5.74) is 5.48. The van der Waals surface area contributed by atoms with Crippen LogP contribution in [0.5, 0.6) is 17.2 Å². The van der Waals surface area contributed by atoms with Gasteiger partial charge in [-0.2, -0.15) is 0 Å². The summed E-state index contributed by atoms with van der Waals surface area (Å²) >= 11 is 0. The van der Waals surface area contributed by atoms with Gasteiger partial charge in [-0.3, -0.25) is 0 Å². The Hall–Kier alpha value is -2.84. The molecular formula is C17H26N2O7. The maximum Gasteiger partial charge on any atom is 0.408 e. The van der Waals surface area contributed by atoms with E-state index in [0.29, 0.717) is 11.5 Å². The fourth-order valence-corrected chi connectivity index (χ4v) is 1.93. The van der Waals surface area contributed by atoms with Crippen molar-refractivity contribution in [3.8, 4) is 17.2 Å². The number of benzene rings is 1. The lowest BCUT2D eigenvalue weighted by Crippen LogP contribution is -2.47. The number of nitrogens with one attached hydrogen (secondary N) is 1. The molecule has 0 fully saturated rings. The number of hydrogen-bond donors (Lipinski definition) is 2. The number of ether oxygens (including phenoxy) is 5. The van der Waals surface area contributed by atoms with E-state index in [1.54, 1.807) is 20.8 Å². The second-order valence-electron chi connectivity index (χ2n) is 6.28. The molecule has 1 aromatic carbocycles. The van der Waals surface area contributed by atoms with Crippen molar-refractivity contribution in [1.82, 2.24) is 5.32 Å². The molecule has 0 heterocycles. The minimum absolute atomic E-state index is 0.217. The van der Waals surface area contributed by atoms with Gasteiger partial charge in [-0.05, 0) is 20.8 Å². The number of anilines is 1. The Morgan fingerprint density at radius 1 is 1.08 bits per heavy atom. The van der Waals surface area contributed by atoms with Gasteiger partial charge >= 0.3 is 12.1 Å². The SMILES string of the molecule is COC(=O)[C@H](COc1cc(OC)c(OC)cc1N)NC(=O)OC(C)(C)C. The van der Waals surface area contributed by atoms with E-state index < -0.39 is 23.7 Å². The summed E-state index contributed by atoms with van der Waals surface area (Å²) in [6.07, 6.45) is -0.767. The zero-order chi connectivity index (χ0) is 19.9. The van der Waals surface area contributed by atoms with Crippen molar-refractivity contribution in [3.63, 3.8) is 0 Å². The highest BCUT2D eigenvalue weighted by molar-refractivity contribution is 5.81. The summed E-state index contributed by atoms with van der Waals surface area (Å²) in [4.78, 5) is 23.8. The van der Waals surface area contributed by atoms with Gasteiger partial charge in [0.15, 0.2) is 17.5 Å². The van der Waals surface area contributed by atoms with Gasteiger partial charge in [0.2, 0.25) is 0 Å². The molecule has 1 amide bonds. The average Bonchev–Trinajstić information content (AvgIpc) is 2.56. The minimum atomic E-state index is -1.08. The summed E-state index contributed by atoms with van der Waals surface area (Å²) in [5.74, 6) is 0.428. The number of nitrogens with two attached hydrogens (primary N) is 1. The summed E-state index contributed by atoms with van der Waals surface area (Å²) in [6.45, 7) is 4.91. The molecule has 1 rings (SSSR count). The highest BCUT2D eigenvalue weighted by atomic mass is 16.6. The van der Waals surface area contributed by atoms with E-state index in [2.05, 4.69) is 10.1 Å². The van der Waals surface area contributed by atoms with Crippen LogP contribution in [0.25, 0.3) is 0 Å². The van der Waals surface area contributed by atoms with Crippen LogP contribution in [0.3, 0.4) is 0 Å². The van der Waals surface area contributed by atoms with Crippen LogP contribution in [0.15, 0.2) is 12.1 Å². The lowest BCUT2D eigenvalue weighted by Gasteiger charge is -2.23. The Morgan fingerprint density at radius 2 is 1.65 bits per heavy atom. The number of rotatable bonds is 7. The van der Waals surface area contributed by atoms with Crippen LogP contribution in [0.1, 0.15) is 20.8 Å². The Kier molecular flexibility index (Phi) is 7.36. The molecule has 0 bridgehead atoms. The summed E-state index contributed by atoms with van der Waals surface area (Å²) in [7, 11) is 4.16. The second kappa shape index (κ2) is 9.02. The van der Waals surface area contributed by atoms with Crippen LogP contribution >= 0.6 is 0 Å². The van der Waals surface area contributed by atoms with E-state index in [9.17, 15) is 9.59 Å². The Labute approximate surface area is 152 Å². The van der Waals surface area contributed by atoms with Gasteiger partial charge in [-0.25, -0.2) is 9.59 Å². The summed E-state index contributed by atoms with van der Waals surface area (Å²) in [6, 6.07) is 1.97. The largest absolute Gasteiger partial charge is 0.493 e. The Bertz CT molecular complexity index is 641. The highest BCUT2D eigenvalue weighted by Gasteiger charge is 2.26. The van der Waals surface area contributed by atoms with Crippen LogP contribution < -0.4 is 25.3 Å². The monoisotopic (exact) mass is 370 g/mol. The van der Waals surface area contributed by atoms with Crippen LogP contribution in [0, 0.1) is 0 Å². The molecule has 3 N–H and O–H groups in total. The van der Waals surface area contributed by atoms with E-state index in [4.69, 9.17) is 24.7 Å². The van der Waals surface area contributed by atoms with Crippen LogP contribution in [0.2, 0.25) is 0 Å². The van der Waals surface area contributed by atoms with Crippen molar-refractivity contribution in [1.29, 1.82) is 0 Å². The molecule has 0 unspecified atom stereocenters.